The molecule has 0 radical (unpaired) electrons. The zero-order valence-electron chi connectivity index (χ0n) is 14.8. The fourth-order valence-corrected chi connectivity index (χ4v) is 2.90. The van der Waals surface area contributed by atoms with Crippen molar-refractivity contribution >= 4 is 17.6 Å². The summed E-state index contributed by atoms with van der Waals surface area (Å²) < 4.78 is 0. The van der Waals surface area contributed by atoms with Gasteiger partial charge in [-0.25, -0.2) is 4.98 Å². The lowest BCUT2D eigenvalue weighted by atomic mass is 10.1. The third-order valence-corrected chi connectivity index (χ3v) is 4.75. The summed E-state index contributed by atoms with van der Waals surface area (Å²) in [5.74, 6) is -0.0440. The number of aromatic nitrogens is 2. The monoisotopic (exact) mass is 353 g/mol. The van der Waals surface area contributed by atoms with E-state index in [-0.39, 0.29) is 5.91 Å². The minimum atomic E-state index is -1.01. The number of amides is 2. The normalized spacial score (nSPS) is 14.5. The number of nitrogens with zero attached hydrogens (tertiary/aromatic N) is 3. The fourth-order valence-electron chi connectivity index (χ4n) is 2.90. The summed E-state index contributed by atoms with van der Waals surface area (Å²) in [4.78, 5) is 34.6. The van der Waals surface area contributed by atoms with Gasteiger partial charge in [0.05, 0.1) is 0 Å². The van der Waals surface area contributed by atoms with Gasteiger partial charge in [0.15, 0.2) is 0 Å². The van der Waals surface area contributed by atoms with E-state index >= 15 is 0 Å². The highest BCUT2D eigenvalue weighted by Crippen LogP contribution is 2.45. The summed E-state index contributed by atoms with van der Waals surface area (Å²) in [5.41, 5.74) is 6.25. The molecule has 2 heterocycles. The van der Waals surface area contributed by atoms with Gasteiger partial charge in [-0.1, -0.05) is 12.1 Å². The highest BCUT2D eigenvalue weighted by Gasteiger charge is 2.55. The number of hydrogen-bond acceptors (Lipinski definition) is 5. The average molecular weight is 353 g/mol. The summed E-state index contributed by atoms with van der Waals surface area (Å²) in [5, 5.41) is 2.83. The molecule has 0 bridgehead atoms. The Morgan fingerprint density at radius 2 is 1.96 bits per heavy atom. The molecule has 0 aliphatic heterocycles. The molecule has 2 aromatic rings. The Bertz CT molecular complexity index is 790. The van der Waals surface area contributed by atoms with Crippen molar-refractivity contribution < 1.29 is 9.59 Å². The highest BCUT2D eigenvalue weighted by atomic mass is 16.2. The van der Waals surface area contributed by atoms with E-state index in [9.17, 15) is 9.59 Å². The first kappa shape index (κ1) is 17.8. The second-order valence-electron chi connectivity index (χ2n) is 6.61. The van der Waals surface area contributed by atoms with Crippen molar-refractivity contribution in [2.45, 2.75) is 25.8 Å². The van der Waals surface area contributed by atoms with E-state index in [2.05, 4.69) is 15.3 Å². The van der Waals surface area contributed by atoms with Crippen LogP contribution in [-0.2, 0) is 22.6 Å². The Kier molecular flexibility index (Phi) is 5.16. The first-order valence-electron chi connectivity index (χ1n) is 8.66. The molecular formula is C19H23N5O2. The molecular weight excluding hydrogens is 330 g/mol. The van der Waals surface area contributed by atoms with Crippen LogP contribution in [0.4, 0.5) is 5.82 Å². The lowest BCUT2D eigenvalue weighted by molar-refractivity contribution is -0.135. The Morgan fingerprint density at radius 1 is 1.19 bits per heavy atom. The van der Waals surface area contributed by atoms with Gasteiger partial charge in [-0.2, -0.15) is 0 Å². The zero-order chi connectivity index (χ0) is 18.6. The number of pyridine rings is 2. The Hall–Kier alpha value is -2.96. The van der Waals surface area contributed by atoms with Crippen molar-refractivity contribution in [1.29, 1.82) is 0 Å². The van der Waals surface area contributed by atoms with Crippen LogP contribution in [0.5, 0.6) is 0 Å². The molecule has 0 spiro atoms. The predicted molar refractivity (Wildman–Crippen MR) is 98.2 cm³/mol. The van der Waals surface area contributed by atoms with Crippen LogP contribution < -0.4 is 16.0 Å². The minimum absolute atomic E-state index is 0.295. The molecule has 1 aliphatic rings. The first-order chi connectivity index (χ1) is 12.5. The summed E-state index contributed by atoms with van der Waals surface area (Å²) in [6.07, 6.45) is 5.35. The molecule has 26 heavy (non-hydrogen) atoms. The molecule has 1 aliphatic carbocycles. The minimum Gasteiger partial charge on any atom is -0.369 e. The van der Waals surface area contributed by atoms with Crippen LogP contribution in [-0.4, -0.2) is 35.4 Å². The third kappa shape index (κ3) is 3.82. The largest absolute Gasteiger partial charge is 0.369 e. The summed E-state index contributed by atoms with van der Waals surface area (Å²) in [6, 6.07) is 9.61. The molecule has 136 valence electrons. The number of hydrogen-bond donors (Lipinski definition) is 2. The van der Waals surface area contributed by atoms with Crippen LogP contribution in [0.25, 0.3) is 0 Å². The average Bonchev–Trinajstić information content (AvgIpc) is 3.47. The van der Waals surface area contributed by atoms with Gasteiger partial charge in [0, 0.05) is 50.2 Å². The number of carbonyl (C=O) groups excluding carboxylic acids is 2. The maximum Gasteiger partial charge on any atom is 0.235 e. The van der Waals surface area contributed by atoms with Crippen LogP contribution in [0, 0.1) is 5.41 Å². The van der Waals surface area contributed by atoms with Gasteiger partial charge in [0.1, 0.15) is 11.2 Å². The molecule has 0 atom stereocenters. The van der Waals surface area contributed by atoms with E-state index < -0.39 is 11.3 Å². The second kappa shape index (κ2) is 7.51. The quantitative estimate of drug-likeness (QED) is 0.691. The van der Waals surface area contributed by atoms with E-state index in [1.807, 2.05) is 42.3 Å². The molecule has 2 aromatic heterocycles. The molecule has 1 fully saturated rings. The van der Waals surface area contributed by atoms with Gasteiger partial charge in [-0.3, -0.25) is 14.6 Å². The summed E-state index contributed by atoms with van der Waals surface area (Å²) >= 11 is 0. The number of nitrogens with one attached hydrogen (secondary N) is 1. The molecule has 3 N–H and O–H groups in total. The van der Waals surface area contributed by atoms with Crippen LogP contribution in [0.3, 0.4) is 0 Å². The van der Waals surface area contributed by atoms with E-state index in [4.69, 9.17) is 5.73 Å². The van der Waals surface area contributed by atoms with E-state index in [0.29, 0.717) is 19.4 Å². The van der Waals surface area contributed by atoms with Gasteiger partial charge in [0.25, 0.3) is 0 Å². The SMILES string of the molecule is CN(CCc1ccccn1)c1ncccc1CNC(=O)C1(C(N)=O)CC1. The summed E-state index contributed by atoms with van der Waals surface area (Å²) in [7, 11) is 1.96. The fraction of sp³-hybridized carbons (Fsp3) is 0.368. The van der Waals surface area contributed by atoms with Crippen molar-refractivity contribution in [3.05, 3.63) is 54.0 Å². The van der Waals surface area contributed by atoms with E-state index in [1.165, 1.54) is 0 Å². The Labute approximate surface area is 152 Å². The smallest absolute Gasteiger partial charge is 0.235 e. The Morgan fingerprint density at radius 3 is 2.62 bits per heavy atom. The molecule has 0 aromatic carbocycles. The van der Waals surface area contributed by atoms with Crippen molar-refractivity contribution in [3.63, 3.8) is 0 Å². The van der Waals surface area contributed by atoms with Crippen LogP contribution in [0.15, 0.2) is 42.7 Å². The van der Waals surface area contributed by atoms with Gasteiger partial charge in [-0.15, -0.1) is 0 Å². The number of carbonyl (C=O) groups is 2. The van der Waals surface area contributed by atoms with Gasteiger partial charge in [-0.05, 0) is 31.0 Å². The molecule has 0 unspecified atom stereocenters. The maximum absolute atomic E-state index is 12.3. The lowest BCUT2D eigenvalue weighted by Gasteiger charge is -2.21. The topological polar surface area (TPSA) is 101 Å². The molecule has 3 rings (SSSR count). The van der Waals surface area contributed by atoms with Crippen molar-refractivity contribution in [2.75, 3.05) is 18.5 Å². The molecule has 2 amide bonds. The second-order valence-corrected chi connectivity index (χ2v) is 6.61. The van der Waals surface area contributed by atoms with Crippen LogP contribution in [0.2, 0.25) is 0 Å². The highest BCUT2D eigenvalue weighted by molar-refractivity contribution is 6.07. The van der Waals surface area contributed by atoms with Crippen LogP contribution in [0.1, 0.15) is 24.1 Å². The molecule has 1 saturated carbocycles. The number of anilines is 1. The standard InChI is InChI=1S/C19H23N5O2/c1-24(12-7-15-6-2-3-10-21-15)16-14(5-4-11-22-16)13-23-18(26)19(8-9-19)17(20)25/h2-6,10-11H,7-9,12-13H2,1H3,(H2,20,25)(H,23,26). The summed E-state index contributed by atoms with van der Waals surface area (Å²) in [6.45, 7) is 1.06. The lowest BCUT2D eigenvalue weighted by Crippen LogP contribution is -2.40. The first-order valence-corrected chi connectivity index (χ1v) is 8.66. The maximum atomic E-state index is 12.3. The van der Waals surface area contributed by atoms with Crippen molar-refractivity contribution in [2.24, 2.45) is 11.1 Å². The number of nitrogens with two attached hydrogens (primary N) is 1. The van der Waals surface area contributed by atoms with E-state index in [1.54, 1.807) is 12.4 Å². The Balaban J connectivity index is 1.62. The van der Waals surface area contributed by atoms with Crippen molar-refractivity contribution in [1.82, 2.24) is 15.3 Å². The molecule has 7 nitrogen and oxygen atoms in total. The van der Waals surface area contributed by atoms with Gasteiger partial charge < -0.3 is 16.0 Å². The van der Waals surface area contributed by atoms with E-state index in [0.717, 1.165) is 30.0 Å². The van der Waals surface area contributed by atoms with Gasteiger partial charge in [0.2, 0.25) is 11.8 Å². The molecule has 7 heteroatoms. The number of rotatable bonds is 8. The number of likely N-dealkylation sites (N-methyl/N-ethyl adjacent to an activating group) is 1. The zero-order valence-corrected chi connectivity index (χ0v) is 14.8. The van der Waals surface area contributed by atoms with Gasteiger partial charge >= 0.3 is 0 Å². The number of primary amides is 1. The third-order valence-electron chi connectivity index (χ3n) is 4.75. The predicted octanol–water partition coefficient (Wildman–Crippen LogP) is 1.04. The van der Waals surface area contributed by atoms with Crippen molar-refractivity contribution in [3.8, 4) is 0 Å². The molecule has 0 saturated heterocycles. The van der Waals surface area contributed by atoms with Crippen LogP contribution >= 0.6 is 0 Å².